The van der Waals surface area contributed by atoms with Crippen molar-refractivity contribution < 1.29 is 23.9 Å². The summed E-state index contributed by atoms with van der Waals surface area (Å²) in [7, 11) is 0. The SMILES string of the molecule is CCOC(=O)C1(Cc2ccc(OC(=O)c3ccccc3)cc2)CCN(C(C)=O)CC1. The van der Waals surface area contributed by atoms with Gasteiger partial charge >= 0.3 is 11.9 Å². The molecule has 1 saturated heterocycles. The van der Waals surface area contributed by atoms with E-state index < -0.39 is 11.4 Å². The standard InChI is InChI=1S/C24H27NO5/c1-3-29-23(28)24(13-15-25(16-14-24)18(2)26)17-19-9-11-21(12-10-19)30-22(27)20-7-5-4-6-8-20/h4-12H,3,13-17H2,1-2H3. The van der Waals surface area contributed by atoms with E-state index in [1.54, 1.807) is 55.1 Å². The molecule has 2 aromatic rings. The number of ether oxygens (including phenoxy) is 2. The monoisotopic (exact) mass is 409 g/mol. The topological polar surface area (TPSA) is 72.9 Å². The molecule has 0 spiro atoms. The third-order valence-electron chi connectivity index (χ3n) is 5.56. The highest BCUT2D eigenvalue weighted by Gasteiger charge is 2.43. The van der Waals surface area contributed by atoms with Crippen LogP contribution >= 0.6 is 0 Å². The largest absolute Gasteiger partial charge is 0.466 e. The Hall–Kier alpha value is -3.15. The van der Waals surface area contributed by atoms with Gasteiger partial charge in [-0.2, -0.15) is 0 Å². The van der Waals surface area contributed by atoms with Crippen LogP contribution in [0.2, 0.25) is 0 Å². The van der Waals surface area contributed by atoms with Crippen molar-refractivity contribution in [2.45, 2.75) is 33.1 Å². The molecule has 3 rings (SSSR count). The number of esters is 2. The van der Waals surface area contributed by atoms with Gasteiger partial charge in [0.25, 0.3) is 0 Å². The van der Waals surface area contributed by atoms with Gasteiger partial charge in [0.1, 0.15) is 5.75 Å². The number of likely N-dealkylation sites (tertiary alicyclic amines) is 1. The summed E-state index contributed by atoms with van der Waals surface area (Å²) in [5, 5.41) is 0. The zero-order valence-electron chi connectivity index (χ0n) is 17.4. The number of nitrogens with zero attached hydrogens (tertiary/aromatic N) is 1. The van der Waals surface area contributed by atoms with Crippen LogP contribution in [0.1, 0.15) is 42.6 Å². The van der Waals surface area contributed by atoms with Crippen LogP contribution in [0.4, 0.5) is 0 Å². The smallest absolute Gasteiger partial charge is 0.343 e. The maximum atomic E-state index is 12.8. The van der Waals surface area contributed by atoms with Crippen LogP contribution in [0.25, 0.3) is 0 Å². The van der Waals surface area contributed by atoms with Crippen LogP contribution in [0.5, 0.6) is 5.75 Å². The first-order valence-electron chi connectivity index (χ1n) is 10.2. The first-order valence-corrected chi connectivity index (χ1v) is 10.2. The molecule has 1 amide bonds. The van der Waals surface area contributed by atoms with Crippen molar-refractivity contribution in [3.8, 4) is 5.75 Å². The number of hydrogen-bond acceptors (Lipinski definition) is 5. The van der Waals surface area contributed by atoms with Crippen LogP contribution in [-0.2, 0) is 20.7 Å². The lowest BCUT2D eigenvalue weighted by Crippen LogP contribution is -2.47. The second-order valence-electron chi connectivity index (χ2n) is 7.58. The lowest BCUT2D eigenvalue weighted by atomic mass is 9.73. The van der Waals surface area contributed by atoms with Crippen molar-refractivity contribution in [3.05, 3.63) is 65.7 Å². The molecular weight excluding hydrogens is 382 g/mol. The molecule has 158 valence electrons. The molecular formula is C24H27NO5. The first-order chi connectivity index (χ1) is 14.4. The number of carbonyl (C=O) groups excluding carboxylic acids is 3. The molecule has 2 aromatic carbocycles. The summed E-state index contributed by atoms with van der Waals surface area (Å²) in [4.78, 5) is 38.4. The Morgan fingerprint density at radius 3 is 2.17 bits per heavy atom. The molecule has 0 radical (unpaired) electrons. The molecule has 1 aliphatic heterocycles. The van der Waals surface area contributed by atoms with Gasteiger partial charge in [-0.05, 0) is 56.0 Å². The van der Waals surface area contributed by atoms with Gasteiger partial charge in [-0.1, -0.05) is 30.3 Å². The summed E-state index contributed by atoms with van der Waals surface area (Å²) < 4.78 is 10.8. The fourth-order valence-electron chi connectivity index (χ4n) is 3.79. The van der Waals surface area contributed by atoms with E-state index in [0.717, 1.165) is 5.56 Å². The van der Waals surface area contributed by atoms with Gasteiger partial charge in [-0.15, -0.1) is 0 Å². The van der Waals surface area contributed by atoms with E-state index in [1.807, 2.05) is 18.2 Å². The first kappa shape index (κ1) is 21.6. The Kier molecular flexibility index (Phi) is 6.87. The van der Waals surface area contributed by atoms with Crippen molar-refractivity contribution in [2.24, 2.45) is 5.41 Å². The van der Waals surface area contributed by atoms with Crippen molar-refractivity contribution in [1.29, 1.82) is 0 Å². The van der Waals surface area contributed by atoms with Gasteiger partial charge < -0.3 is 14.4 Å². The summed E-state index contributed by atoms with van der Waals surface area (Å²) in [5.41, 5.74) is 0.795. The average Bonchev–Trinajstić information content (AvgIpc) is 2.76. The van der Waals surface area contributed by atoms with E-state index in [2.05, 4.69) is 0 Å². The van der Waals surface area contributed by atoms with Gasteiger partial charge in [0.2, 0.25) is 5.91 Å². The van der Waals surface area contributed by atoms with E-state index >= 15 is 0 Å². The molecule has 1 fully saturated rings. The molecule has 0 unspecified atom stereocenters. The second-order valence-corrected chi connectivity index (χ2v) is 7.58. The highest BCUT2D eigenvalue weighted by Crippen LogP contribution is 2.37. The summed E-state index contributed by atoms with van der Waals surface area (Å²) in [6.07, 6.45) is 1.65. The third kappa shape index (κ3) is 5.06. The number of amides is 1. The maximum Gasteiger partial charge on any atom is 0.343 e. The van der Waals surface area contributed by atoms with Crippen LogP contribution in [0, 0.1) is 5.41 Å². The minimum absolute atomic E-state index is 0.0250. The van der Waals surface area contributed by atoms with E-state index in [9.17, 15) is 14.4 Å². The highest BCUT2D eigenvalue weighted by molar-refractivity contribution is 5.90. The number of carbonyl (C=O) groups is 3. The highest BCUT2D eigenvalue weighted by atomic mass is 16.5. The van der Waals surface area contributed by atoms with Gasteiger partial charge in [0.05, 0.1) is 17.6 Å². The van der Waals surface area contributed by atoms with Crippen molar-refractivity contribution >= 4 is 17.8 Å². The molecule has 0 saturated carbocycles. The summed E-state index contributed by atoms with van der Waals surface area (Å²) in [6.45, 7) is 4.76. The number of piperidine rings is 1. The molecule has 0 atom stereocenters. The predicted molar refractivity (Wildman–Crippen MR) is 112 cm³/mol. The number of benzene rings is 2. The minimum Gasteiger partial charge on any atom is -0.466 e. The van der Waals surface area contributed by atoms with E-state index in [-0.39, 0.29) is 11.9 Å². The van der Waals surface area contributed by atoms with Gasteiger partial charge in [-0.3, -0.25) is 9.59 Å². The Morgan fingerprint density at radius 2 is 1.60 bits per heavy atom. The molecule has 0 aliphatic carbocycles. The summed E-state index contributed by atoms with van der Waals surface area (Å²) in [5.74, 6) is -0.156. The average molecular weight is 409 g/mol. The molecule has 1 heterocycles. The number of rotatable bonds is 6. The number of hydrogen-bond donors (Lipinski definition) is 0. The third-order valence-corrected chi connectivity index (χ3v) is 5.56. The van der Waals surface area contributed by atoms with Crippen LogP contribution in [-0.4, -0.2) is 42.4 Å². The Bertz CT molecular complexity index is 884. The van der Waals surface area contributed by atoms with E-state index in [1.165, 1.54) is 0 Å². The normalized spacial score (nSPS) is 15.3. The predicted octanol–water partition coefficient (Wildman–Crippen LogP) is 3.64. The molecule has 30 heavy (non-hydrogen) atoms. The van der Waals surface area contributed by atoms with E-state index in [0.29, 0.717) is 50.3 Å². The van der Waals surface area contributed by atoms with Gasteiger partial charge in [0.15, 0.2) is 0 Å². The Morgan fingerprint density at radius 1 is 0.967 bits per heavy atom. The van der Waals surface area contributed by atoms with Gasteiger partial charge in [0, 0.05) is 20.0 Å². The lowest BCUT2D eigenvalue weighted by Gasteiger charge is -2.39. The minimum atomic E-state index is -0.649. The van der Waals surface area contributed by atoms with Crippen LogP contribution < -0.4 is 4.74 Å². The molecule has 6 heteroatoms. The molecule has 0 N–H and O–H groups in total. The summed E-state index contributed by atoms with van der Waals surface area (Å²) >= 11 is 0. The molecule has 0 bridgehead atoms. The van der Waals surface area contributed by atoms with Gasteiger partial charge in [-0.25, -0.2) is 4.79 Å². The lowest BCUT2D eigenvalue weighted by molar-refractivity contribution is -0.160. The molecule has 0 aromatic heterocycles. The fourth-order valence-corrected chi connectivity index (χ4v) is 3.79. The van der Waals surface area contributed by atoms with Crippen LogP contribution in [0.3, 0.4) is 0 Å². The molecule has 1 aliphatic rings. The van der Waals surface area contributed by atoms with E-state index in [4.69, 9.17) is 9.47 Å². The maximum absolute atomic E-state index is 12.8. The Labute approximate surface area is 176 Å². The van der Waals surface area contributed by atoms with Crippen molar-refractivity contribution in [1.82, 2.24) is 4.90 Å². The quantitative estimate of drug-likeness (QED) is 0.538. The molecule has 6 nitrogen and oxygen atoms in total. The second kappa shape index (κ2) is 9.57. The van der Waals surface area contributed by atoms with Crippen molar-refractivity contribution in [2.75, 3.05) is 19.7 Å². The van der Waals surface area contributed by atoms with Crippen LogP contribution in [0.15, 0.2) is 54.6 Å². The Balaban J connectivity index is 1.70. The zero-order valence-corrected chi connectivity index (χ0v) is 17.4. The zero-order chi connectivity index (χ0) is 21.6. The fraction of sp³-hybridized carbons (Fsp3) is 0.375. The summed E-state index contributed by atoms with van der Waals surface area (Å²) in [6, 6.07) is 16.0. The van der Waals surface area contributed by atoms with Crippen molar-refractivity contribution in [3.63, 3.8) is 0 Å².